The van der Waals surface area contributed by atoms with E-state index in [1.54, 1.807) is 12.1 Å². The fraction of sp³-hybridized carbons (Fsp3) is 0.632. The highest BCUT2D eigenvalue weighted by atomic mass is 19.1. The van der Waals surface area contributed by atoms with Gasteiger partial charge < -0.3 is 15.3 Å². The molecule has 2 rings (SSSR count). The molecule has 1 heterocycles. The molecule has 0 radical (unpaired) electrons. The molecule has 1 unspecified atom stereocenters. The Labute approximate surface area is 144 Å². The lowest BCUT2D eigenvalue weighted by atomic mass is 9.85. The molecule has 1 fully saturated rings. The second-order valence-electron chi connectivity index (χ2n) is 7.93. The molecule has 1 aromatic carbocycles. The minimum atomic E-state index is -0.273. The number of carbonyl (C=O) groups is 1. The summed E-state index contributed by atoms with van der Waals surface area (Å²) in [5.41, 5.74) is 0.959. The Bertz CT molecular complexity index is 531. The van der Waals surface area contributed by atoms with Crippen molar-refractivity contribution in [2.75, 3.05) is 19.7 Å². The molecule has 24 heavy (non-hydrogen) atoms. The molecule has 1 atom stereocenters. The van der Waals surface area contributed by atoms with Gasteiger partial charge in [-0.15, -0.1) is 0 Å². The van der Waals surface area contributed by atoms with Crippen LogP contribution in [0.1, 0.15) is 51.6 Å². The van der Waals surface area contributed by atoms with Gasteiger partial charge in [-0.25, -0.2) is 9.18 Å². The van der Waals surface area contributed by atoms with Crippen LogP contribution in [0.25, 0.3) is 0 Å². The lowest BCUT2D eigenvalue weighted by Crippen LogP contribution is -2.46. The SMILES string of the molecule is CC(C)(C)CC(NC(=O)N1CCC(CO)CC1)c1ccc(F)cc1. The first-order valence-electron chi connectivity index (χ1n) is 8.70. The number of likely N-dealkylation sites (tertiary alicyclic amines) is 1. The predicted octanol–water partition coefficient (Wildman–Crippen LogP) is 3.72. The average Bonchev–Trinajstić information content (AvgIpc) is 2.53. The van der Waals surface area contributed by atoms with Gasteiger partial charge in [-0.3, -0.25) is 0 Å². The Morgan fingerprint density at radius 1 is 1.29 bits per heavy atom. The van der Waals surface area contributed by atoms with Crippen LogP contribution in [0, 0.1) is 17.2 Å². The van der Waals surface area contributed by atoms with Crippen LogP contribution in [-0.2, 0) is 0 Å². The number of halogens is 1. The summed E-state index contributed by atoms with van der Waals surface area (Å²) in [5.74, 6) is 0.0298. The summed E-state index contributed by atoms with van der Waals surface area (Å²) in [6, 6.07) is 6.13. The highest BCUT2D eigenvalue weighted by molar-refractivity contribution is 5.74. The Hall–Kier alpha value is -1.62. The number of carbonyl (C=O) groups excluding carboxylic acids is 1. The summed E-state index contributed by atoms with van der Waals surface area (Å²) in [6.45, 7) is 7.91. The first kappa shape index (κ1) is 18.7. The number of amides is 2. The largest absolute Gasteiger partial charge is 0.396 e. The fourth-order valence-corrected chi connectivity index (χ4v) is 3.12. The van der Waals surface area contributed by atoms with Crippen molar-refractivity contribution >= 4 is 6.03 Å². The minimum absolute atomic E-state index is 0.0379. The summed E-state index contributed by atoms with van der Waals surface area (Å²) in [7, 11) is 0. The van der Waals surface area contributed by atoms with E-state index in [4.69, 9.17) is 0 Å². The smallest absolute Gasteiger partial charge is 0.317 e. The molecule has 0 spiro atoms. The van der Waals surface area contributed by atoms with Crippen molar-refractivity contribution in [1.82, 2.24) is 10.2 Å². The number of urea groups is 1. The van der Waals surface area contributed by atoms with Gasteiger partial charge in [-0.1, -0.05) is 32.9 Å². The molecule has 1 saturated heterocycles. The van der Waals surface area contributed by atoms with Gasteiger partial charge in [-0.05, 0) is 48.3 Å². The Morgan fingerprint density at radius 2 is 1.88 bits per heavy atom. The Kier molecular flexibility index (Phi) is 6.21. The van der Waals surface area contributed by atoms with E-state index in [9.17, 15) is 14.3 Å². The van der Waals surface area contributed by atoms with Gasteiger partial charge in [0.05, 0.1) is 6.04 Å². The number of aliphatic hydroxyl groups excluding tert-OH is 1. The third kappa shape index (κ3) is 5.48. The molecule has 0 aromatic heterocycles. The third-order valence-electron chi connectivity index (χ3n) is 4.55. The van der Waals surface area contributed by atoms with E-state index in [1.165, 1.54) is 12.1 Å². The summed E-state index contributed by atoms with van der Waals surface area (Å²) in [5, 5.41) is 12.3. The molecular formula is C19H29FN2O2. The fourth-order valence-electron chi connectivity index (χ4n) is 3.12. The third-order valence-corrected chi connectivity index (χ3v) is 4.55. The zero-order valence-corrected chi connectivity index (χ0v) is 14.9. The quantitative estimate of drug-likeness (QED) is 0.880. The predicted molar refractivity (Wildman–Crippen MR) is 93.1 cm³/mol. The van der Waals surface area contributed by atoms with E-state index in [1.807, 2.05) is 4.90 Å². The maximum Gasteiger partial charge on any atom is 0.317 e. The second kappa shape index (κ2) is 7.97. The van der Waals surface area contributed by atoms with Crippen LogP contribution in [0.3, 0.4) is 0 Å². The minimum Gasteiger partial charge on any atom is -0.396 e. The maximum absolute atomic E-state index is 13.2. The number of hydrogen-bond donors (Lipinski definition) is 2. The van der Waals surface area contributed by atoms with Crippen LogP contribution in [0.15, 0.2) is 24.3 Å². The number of hydrogen-bond acceptors (Lipinski definition) is 2. The Morgan fingerprint density at radius 3 is 2.38 bits per heavy atom. The highest BCUT2D eigenvalue weighted by Crippen LogP contribution is 2.30. The number of piperidine rings is 1. The molecular weight excluding hydrogens is 307 g/mol. The van der Waals surface area contributed by atoms with Crippen LogP contribution in [0.2, 0.25) is 0 Å². The molecule has 0 saturated carbocycles. The van der Waals surface area contributed by atoms with Crippen molar-refractivity contribution in [3.05, 3.63) is 35.6 Å². The standard InChI is InChI=1S/C19H29FN2O2/c1-19(2,3)12-17(15-4-6-16(20)7-5-15)21-18(24)22-10-8-14(13-23)9-11-22/h4-7,14,17,23H,8-13H2,1-3H3,(H,21,24). The van der Waals surface area contributed by atoms with Crippen molar-refractivity contribution in [3.8, 4) is 0 Å². The van der Waals surface area contributed by atoms with Crippen LogP contribution in [-0.4, -0.2) is 35.7 Å². The molecule has 2 amide bonds. The van der Waals surface area contributed by atoms with E-state index in [0.717, 1.165) is 24.8 Å². The number of aliphatic hydroxyl groups is 1. The number of nitrogens with one attached hydrogen (secondary N) is 1. The van der Waals surface area contributed by atoms with Crippen LogP contribution in [0.5, 0.6) is 0 Å². The molecule has 5 heteroatoms. The summed E-state index contributed by atoms with van der Waals surface area (Å²) in [6.07, 6.45) is 2.45. The topological polar surface area (TPSA) is 52.6 Å². The lowest BCUT2D eigenvalue weighted by molar-refractivity contribution is 0.134. The van der Waals surface area contributed by atoms with Gasteiger partial charge in [0.15, 0.2) is 0 Å². The highest BCUT2D eigenvalue weighted by Gasteiger charge is 2.26. The number of rotatable bonds is 4. The molecule has 1 aliphatic heterocycles. The van der Waals surface area contributed by atoms with Crippen LogP contribution in [0.4, 0.5) is 9.18 Å². The summed E-state index contributed by atoms with van der Waals surface area (Å²) < 4.78 is 13.2. The monoisotopic (exact) mass is 336 g/mol. The average molecular weight is 336 g/mol. The van der Waals surface area contributed by atoms with Crippen molar-refractivity contribution in [2.45, 2.75) is 46.1 Å². The number of nitrogens with zero attached hydrogens (tertiary/aromatic N) is 1. The molecule has 1 aliphatic rings. The Balaban J connectivity index is 2.04. The van der Waals surface area contributed by atoms with Gasteiger partial charge in [0.1, 0.15) is 5.82 Å². The van der Waals surface area contributed by atoms with E-state index in [0.29, 0.717) is 19.0 Å². The van der Waals surface area contributed by atoms with Gasteiger partial charge >= 0.3 is 6.03 Å². The van der Waals surface area contributed by atoms with Crippen molar-refractivity contribution in [1.29, 1.82) is 0 Å². The van der Waals surface area contributed by atoms with Crippen molar-refractivity contribution in [3.63, 3.8) is 0 Å². The van der Waals surface area contributed by atoms with Crippen LogP contribution >= 0.6 is 0 Å². The molecule has 1 aromatic rings. The first-order valence-corrected chi connectivity index (χ1v) is 8.70. The zero-order valence-electron chi connectivity index (χ0n) is 14.9. The van der Waals surface area contributed by atoms with E-state index >= 15 is 0 Å². The van der Waals surface area contributed by atoms with Gasteiger partial charge in [0.25, 0.3) is 0 Å². The van der Waals surface area contributed by atoms with Crippen LogP contribution < -0.4 is 5.32 Å². The first-order chi connectivity index (χ1) is 11.3. The number of benzene rings is 1. The molecule has 0 bridgehead atoms. The molecule has 4 nitrogen and oxygen atoms in total. The van der Waals surface area contributed by atoms with E-state index < -0.39 is 0 Å². The van der Waals surface area contributed by atoms with E-state index in [2.05, 4.69) is 26.1 Å². The normalized spacial score (nSPS) is 17.6. The van der Waals surface area contributed by atoms with Gasteiger partial charge in [0.2, 0.25) is 0 Å². The molecule has 2 N–H and O–H groups in total. The second-order valence-corrected chi connectivity index (χ2v) is 7.93. The lowest BCUT2D eigenvalue weighted by Gasteiger charge is -2.34. The zero-order chi connectivity index (χ0) is 17.7. The van der Waals surface area contributed by atoms with Crippen molar-refractivity contribution in [2.24, 2.45) is 11.3 Å². The summed E-state index contributed by atoms with van der Waals surface area (Å²) in [4.78, 5) is 14.4. The summed E-state index contributed by atoms with van der Waals surface area (Å²) >= 11 is 0. The van der Waals surface area contributed by atoms with E-state index in [-0.39, 0.29) is 29.9 Å². The van der Waals surface area contributed by atoms with Crippen molar-refractivity contribution < 1.29 is 14.3 Å². The molecule has 134 valence electrons. The molecule has 0 aliphatic carbocycles. The van der Waals surface area contributed by atoms with Gasteiger partial charge in [-0.2, -0.15) is 0 Å². The van der Waals surface area contributed by atoms with Gasteiger partial charge in [0, 0.05) is 19.7 Å². The maximum atomic E-state index is 13.2.